The molecule has 1 saturated carbocycles. The summed E-state index contributed by atoms with van der Waals surface area (Å²) < 4.78 is 0. The predicted octanol–water partition coefficient (Wildman–Crippen LogP) is 6.79. The Morgan fingerprint density at radius 2 is 0.944 bits per heavy atom. The van der Waals surface area contributed by atoms with Crippen molar-refractivity contribution in [2.75, 3.05) is 0 Å². The first-order chi connectivity index (χ1) is 8.20. The largest absolute Gasteiger partial charge is 0.0651 e. The molecule has 18 heavy (non-hydrogen) atoms. The zero-order valence-electron chi connectivity index (χ0n) is 14.7. The molecule has 0 saturated heterocycles. The quantitative estimate of drug-likeness (QED) is 0.519. The van der Waals surface area contributed by atoms with Gasteiger partial charge in [-0.3, -0.25) is 0 Å². The lowest BCUT2D eigenvalue weighted by atomic mass is 10.0. The lowest BCUT2D eigenvalue weighted by molar-refractivity contribution is 0.476. The van der Waals surface area contributed by atoms with Gasteiger partial charge in [0.2, 0.25) is 0 Å². The van der Waals surface area contributed by atoms with Gasteiger partial charge in [-0.1, -0.05) is 81.6 Å². The predicted molar refractivity (Wildman–Crippen MR) is 87.0 cm³/mol. The Balaban J connectivity index is 0. The second-order valence-corrected chi connectivity index (χ2v) is 7.36. The fourth-order valence-corrected chi connectivity index (χ4v) is 1.17. The Bertz CT molecular complexity index is 137. The van der Waals surface area contributed by atoms with Crippen LogP contribution in [0.25, 0.3) is 0 Å². The van der Waals surface area contributed by atoms with Gasteiger partial charge in [-0.05, 0) is 36.0 Å². The Kier molecular flexibility index (Phi) is 13.6. The van der Waals surface area contributed by atoms with Gasteiger partial charge in [-0.2, -0.15) is 0 Å². The van der Waals surface area contributed by atoms with Gasteiger partial charge < -0.3 is 0 Å². The maximum absolute atomic E-state index is 2.30. The Hall–Kier alpha value is 0. The lowest BCUT2D eigenvalue weighted by Gasteiger charge is -2.05. The van der Waals surface area contributed by atoms with E-state index in [1.165, 1.54) is 25.7 Å². The second kappa shape index (κ2) is 12.1. The molecule has 112 valence electrons. The first kappa shape index (κ1) is 20.3. The summed E-state index contributed by atoms with van der Waals surface area (Å²) in [6.45, 7) is 20.4. The third-order valence-electron chi connectivity index (χ3n) is 3.65. The van der Waals surface area contributed by atoms with Gasteiger partial charge in [0, 0.05) is 0 Å². The van der Waals surface area contributed by atoms with E-state index in [9.17, 15) is 0 Å². The van der Waals surface area contributed by atoms with E-state index in [1.807, 2.05) is 0 Å². The van der Waals surface area contributed by atoms with Crippen LogP contribution in [0.3, 0.4) is 0 Å². The Morgan fingerprint density at radius 1 is 0.722 bits per heavy atom. The zero-order chi connectivity index (χ0) is 14.7. The van der Waals surface area contributed by atoms with Crippen LogP contribution in [0, 0.1) is 29.6 Å². The van der Waals surface area contributed by atoms with Crippen molar-refractivity contribution in [2.24, 2.45) is 29.6 Å². The fraction of sp³-hybridized carbons (Fsp3) is 1.00. The topological polar surface area (TPSA) is 0 Å². The Labute approximate surface area is 118 Å². The molecule has 0 aromatic heterocycles. The molecule has 0 radical (unpaired) electrons. The molecule has 0 bridgehead atoms. The normalized spacial score (nSPS) is 21.3. The molecule has 0 aliphatic heterocycles. The maximum atomic E-state index is 2.30. The third kappa shape index (κ3) is 21.3. The van der Waals surface area contributed by atoms with E-state index in [1.54, 1.807) is 0 Å². The summed E-state index contributed by atoms with van der Waals surface area (Å²) in [5.74, 6) is 4.76. The standard InChI is InChI=1S/C8H18.C5H10.C5H12/c1-7(2)5-6-8(3)4;1-4-3-5(4)2;1-4-5(2)3/h7-8H,5-6H2,1-4H3;4-5H,3H2,1-2H3;5H,4H2,1-3H3. The minimum Gasteiger partial charge on any atom is -0.0651 e. The lowest BCUT2D eigenvalue weighted by Crippen LogP contribution is -1.91. The summed E-state index contributed by atoms with van der Waals surface area (Å²) in [6.07, 6.45) is 5.55. The number of hydrogen-bond acceptors (Lipinski definition) is 0. The molecule has 1 rings (SSSR count). The average molecular weight is 257 g/mol. The van der Waals surface area contributed by atoms with Crippen LogP contribution < -0.4 is 0 Å². The molecule has 0 heterocycles. The fourth-order valence-electron chi connectivity index (χ4n) is 1.17. The summed E-state index contributed by atoms with van der Waals surface area (Å²) in [4.78, 5) is 0. The van der Waals surface area contributed by atoms with Crippen LogP contribution in [0.5, 0.6) is 0 Å². The second-order valence-electron chi connectivity index (χ2n) is 7.36. The molecule has 1 aliphatic carbocycles. The van der Waals surface area contributed by atoms with E-state index in [2.05, 4.69) is 62.3 Å². The van der Waals surface area contributed by atoms with E-state index < -0.39 is 0 Å². The van der Waals surface area contributed by atoms with Gasteiger partial charge in [-0.15, -0.1) is 0 Å². The maximum Gasteiger partial charge on any atom is -0.0414 e. The van der Waals surface area contributed by atoms with Crippen molar-refractivity contribution < 1.29 is 0 Å². The Morgan fingerprint density at radius 3 is 1.00 bits per heavy atom. The molecule has 0 aromatic rings. The van der Waals surface area contributed by atoms with E-state index >= 15 is 0 Å². The van der Waals surface area contributed by atoms with Crippen molar-refractivity contribution in [2.45, 2.75) is 88.0 Å². The van der Waals surface area contributed by atoms with Crippen LogP contribution >= 0.6 is 0 Å². The molecule has 0 heteroatoms. The van der Waals surface area contributed by atoms with Gasteiger partial charge in [-0.25, -0.2) is 0 Å². The molecule has 1 fully saturated rings. The molecular formula is C18H40. The molecule has 1 aliphatic rings. The highest BCUT2D eigenvalue weighted by atomic mass is 14.3. The minimum atomic E-state index is 0.884. The summed E-state index contributed by atoms with van der Waals surface area (Å²) >= 11 is 0. The van der Waals surface area contributed by atoms with E-state index in [-0.39, 0.29) is 0 Å². The van der Waals surface area contributed by atoms with E-state index in [0.29, 0.717) is 0 Å². The highest BCUT2D eigenvalue weighted by molar-refractivity contribution is 4.76. The number of rotatable bonds is 4. The summed E-state index contributed by atoms with van der Waals surface area (Å²) in [6, 6.07) is 0. The molecule has 0 aromatic carbocycles. The molecule has 0 spiro atoms. The van der Waals surface area contributed by atoms with Crippen LogP contribution in [0.15, 0.2) is 0 Å². The third-order valence-corrected chi connectivity index (χ3v) is 3.65. The summed E-state index contributed by atoms with van der Waals surface area (Å²) in [5.41, 5.74) is 0. The van der Waals surface area contributed by atoms with Crippen LogP contribution in [-0.4, -0.2) is 0 Å². The van der Waals surface area contributed by atoms with Crippen LogP contribution in [0.2, 0.25) is 0 Å². The van der Waals surface area contributed by atoms with Crippen LogP contribution in [0.4, 0.5) is 0 Å². The monoisotopic (exact) mass is 256 g/mol. The van der Waals surface area contributed by atoms with Gasteiger partial charge in [0.25, 0.3) is 0 Å². The molecule has 0 amide bonds. The van der Waals surface area contributed by atoms with Crippen molar-refractivity contribution in [1.82, 2.24) is 0 Å². The van der Waals surface area contributed by atoms with Gasteiger partial charge >= 0.3 is 0 Å². The molecule has 2 atom stereocenters. The minimum absolute atomic E-state index is 0.884. The smallest absolute Gasteiger partial charge is 0.0414 e. The molecule has 0 N–H and O–H groups in total. The summed E-state index contributed by atoms with van der Waals surface area (Å²) in [5, 5.41) is 0. The van der Waals surface area contributed by atoms with E-state index in [0.717, 1.165) is 29.6 Å². The van der Waals surface area contributed by atoms with Crippen molar-refractivity contribution in [3.8, 4) is 0 Å². The molecule has 0 nitrogen and oxygen atoms in total. The van der Waals surface area contributed by atoms with Gasteiger partial charge in [0.15, 0.2) is 0 Å². The highest BCUT2D eigenvalue weighted by Gasteiger charge is 2.26. The van der Waals surface area contributed by atoms with Crippen molar-refractivity contribution in [3.05, 3.63) is 0 Å². The SMILES string of the molecule is CC(C)CCC(C)C.CC1CC1C.CCC(C)C. The van der Waals surface area contributed by atoms with Crippen molar-refractivity contribution in [3.63, 3.8) is 0 Å². The first-order valence-corrected chi connectivity index (χ1v) is 8.20. The van der Waals surface area contributed by atoms with Crippen LogP contribution in [-0.2, 0) is 0 Å². The highest BCUT2D eigenvalue weighted by Crippen LogP contribution is 2.36. The van der Waals surface area contributed by atoms with Crippen molar-refractivity contribution >= 4 is 0 Å². The average Bonchev–Trinajstić information content (AvgIpc) is 2.91. The summed E-state index contributed by atoms with van der Waals surface area (Å²) in [7, 11) is 0. The van der Waals surface area contributed by atoms with Gasteiger partial charge in [0.1, 0.15) is 0 Å². The first-order valence-electron chi connectivity index (χ1n) is 8.20. The molecule has 2 unspecified atom stereocenters. The zero-order valence-corrected chi connectivity index (χ0v) is 14.7. The number of hydrogen-bond donors (Lipinski definition) is 0. The molecular weight excluding hydrogens is 216 g/mol. The van der Waals surface area contributed by atoms with Gasteiger partial charge in [0.05, 0.1) is 0 Å². The van der Waals surface area contributed by atoms with Crippen molar-refractivity contribution in [1.29, 1.82) is 0 Å². The van der Waals surface area contributed by atoms with E-state index in [4.69, 9.17) is 0 Å². The van der Waals surface area contributed by atoms with Crippen LogP contribution in [0.1, 0.15) is 88.0 Å².